The van der Waals surface area contributed by atoms with E-state index in [1.165, 1.54) is 0 Å². The average molecular weight is 306 g/mol. The van der Waals surface area contributed by atoms with E-state index in [4.69, 9.17) is 13.8 Å². The second-order valence-electron chi connectivity index (χ2n) is 3.39. The quantitative estimate of drug-likeness (QED) is 0.432. The second-order valence-corrected chi connectivity index (χ2v) is 6.68. The maximum Gasteiger partial charge on any atom is 0.176 e. The van der Waals surface area contributed by atoms with Gasteiger partial charge in [0, 0.05) is 24.3 Å². The highest BCUT2D eigenvalue weighted by atomic mass is 32.3. The summed E-state index contributed by atoms with van der Waals surface area (Å²) in [4.78, 5) is 0. The topological polar surface area (TPSA) is 131 Å². The van der Waals surface area contributed by atoms with E-state index in [0.717, 1.165) is 24.3 Å². The third-order valence-corrected chi connectivity index (χ3v) is 5.06. The Labute approximate surface area is 112 Å². The summed E-state index contributed by atoms with van der Waals surface area (Å²) in [6.45, 7) is 0. The molecule has 0 saturated carbocycles. The van der Waals surface area contributed by atoms with E-state index in [0.29, 0.717) is 0 Å². The number of rotatable bonds is 2. The van der Waals surface area contributed by atoms with Crippen LogP contribution in [0.3, 0.4) is 0 Å². The lowest BCUT2D eigenvalue weighted by Crippen LogP contribution is -2.06. The van der Waals surface area contributed by atoms with Crippen molar-refractivity contribution in [3.05, 3.63) is 46.0 Å². The maximum absolute atomic E-state index is 9.58. The molecule has 2 rings (SSSR count). The fourth-order valence-corrected chi connectivity index (χ4v) is 4.22. The number of hydrogen-bond acceptors (Lipinski definition) is 5. The number of aliphatic hydroxyl groups is 6. The minimum Gasteiger partial charge on any atom is -0.508 e. The fourth-order valence-electron chi connectivity index (χ4n) is 1.23. The van der Waals surface area contributed by atoms with Crippen molar-refractivity contribution in [3.63, 3.8) is 0 Å². The molecule has 7 nitrogen and oxygen atoms in total. The van der Waals surface area contributed by atoms with Gasteiger partial charge in [0.2, 0.25) is 0 Å². The summed E-state index contributed by atoms with van der Waals surface area (Å²) in [5, 5.41) is 54.8. The summed E-state index contributed by atoms with van der Waals surface area (Å²) < 4.78 is 5.21. The molecule has 0 amide bonds. The van der Waals surface area contributed by atoms with Crippen LogP contribution in [0.25, 0.3) is 0 Å². The molecule has 19 heavy (non-hydrogen) atoms. The lowest BCUT2D eigenvalue weighted by atomic mass is 10.4. The van der Waals surface area contributed by atoms with Gasteiger partial charge in [-0.15, -0.1) is 0 Å². The van der Waals surface area contributed by atoms with E-state index >= 15 is 0 Å². The van der Waals surface area contributed by atoms with Crippen LogP contribution >= 0.6 is 21.5 Å². The third-order valence-electron chi connectivity index (χ3n) is 1.98. The fraction of sp³-hybridized carbons (Fsp3) is 0. The Hall–Kier alpha value is -1.52. The Morgan fingerprint density at radius 3 is 1.32 bits per heavy atom. The predicted molar refractivity (Wildman–Crippen MR) is 74.4 cm³/mol. The molecule has 0 aromatic rings. The lowest BCUT2D eigenvalue weighted by Gasteiger charge is -2.18. The SMILES string of the molecule is OC1=CC(O)=S(OS2=C(O)C=C(O)C=C2O)C(O)=C1. The summed E-state index contributed by atoms with van der Waals surface area (Å²) in [7, 11) is -3.27. The van der Waals surface area contributed by atoms with Crippen molar-refractivity contribution in [2.24, 2.45) is 0 Å². The van der Waals surface area contributed by atoms with Gasteiger partial charge in [-0.3, -0.25) is 0 Å². The van der Waals surface area contributed by atoms with Gasteiger partial charge in [-0.25, -0.2) is 3.63 Å². The van der Waals surface area contributed by atoms with E-state index in [1.54, 1.807) is 0 Å². The van der Waals surface area contributed by atoms with Crippen LogP contribution in [0.2, 0.25) is 0 Å². The second kappa shape index (κ2) is 5.23. The molecule has 0 aromatic carbocycles. The standard InChI is InChI=1S/C10H10O7S2/c11-5-1-7(13)18(8(14)2-5)17-19-9(15)3-6(12)4-10(19)16/h1-4,11-16H. The molecule has 0 saturated heterocycles. The summed E-state index contributed by atoms with van der Waals surface area (Å²) in [6, 6.07) is 0. The Balaban J connectivity index is 2.39. The molecule has 0 radical (unpaired) electrons. The highest BCUT2D eigenvalue weighted by Gasteiger charge is 2.21. The minimum absolute atomic E-state index is 0.347. The molecular weight excluding hydrogens is 296 g/mol. The molecule has 0 aromatic heterocycles. The van der Waals surface area contributed by atoms with E-state index in [-0.39, 0.29) is 11.5 Å². The molecule has 0 spiro atoms. The Morgan fingerprint density at radius 1 is 0.632 bits per heavy atom. The Morgan fingerprint density at radius 2 is 1.00 bits per heavy atom. The highest BCUT2D eigenvalue weighted by Crippen LogP contribution is 2.42. The first-order valence-electron chi connectivity index (χ1n) is 4.80. The zero-order valence-corrected chi connectivity index (χ0v) is 10.9. The molecule has 2 heterocycles. The summed E-state index contributed by atoms with van der Waals surface area (Å²) in [5.74, 6) is -0.695. The molecule has 0 fully saturated rings. The van der Waals surface area contributed by atoms with Crippen LogP contribution in [0.1, 0.15) is 0 Å². The van der Waals surface area contributed by atoms with Crippen LogP contribution < -0.4 is 0 Å². The van der Waals surface area contributed by atoms with Crippen molar-refractivity contribution in [2.45, 2.75) is 0 Å². The normalized spacial score (nSPS) is 27.5. The van der Waals surface area contributed by atoms with E-state index in [9.17, 15) is 20.4 Å². The van der Waals surface area contributed by atoms with Crippen LogP contribution in [-0.2, 0) is 3.63 Å². The van der Waals surface area contributed by atoms with Crippen molar-refractivity contribution in [1.82, 2.24) is 0 Å². The van der Waals surface area contributed by atoms with E-state index in [2.05, 4.69) is 0 Å². The first-order chi connectivity index (χ1) is 8.88. The molecule has 2 unspecified atom stereocenters. The van der Waals surface area contributed by atoms with Crippen LogP contribution in [-0.4, -0.2) is 40.7 Å². The highest BCUT2D eigenvalue weighted by molar-refractivity contribution is 8.27. The van der Waals surface area contributed by atoms with Gasteiger partial charge in [0.1, 0.15) is 21.6 Å². The van der Waals surface area contributed by atoms with E-state index < -0.39 is 41.8 Å². The zero-order valence-electron chi connectivity index (χ0n) is 9.22. The number of aliphatic hydroxyl groups excluding tert-OH is 6. The largest absolute Gasteiger partial charge is 0.508 e. The first-order valence-corrected chi connectivity index (χ1v) is 7.10. The first kappa shape index (κ1) is 13.9. The molecule has 0 aliphatic carbocycles. The molecule has 2 atom stereocenters. The van der Waals surface area contributed by atoms with E-state index in [1.807, 2.05) is 0 Å². The summed E-state index contributed by atoms with van der Waals surface area (Å²) >= 11 is 0. The van der Waals surface area contributed by atoms with Crippen molar-refractivity contribution in [1.29, 1.82) is 0 Å². The van der Waals surface area contributed by atoms with Crippen molar-refractivity contribution >= 4 is 31.6 Å². The maximum atomic E-state index is 9.58. The molecule has 2 aliphatic rings. The van der Waals surface area contributed by atoms with Gasteiger partial charge in [-0.2, -0.15) is 0 Å². The molecule has 6 N–H and O–H groups in total. The van der Waals surface area contributed by atoms with Gasteiger partial charge in [0.15, 0.2) is 10.2 Å². The van der Waals surface area contributed by atoms with Gasteiger partial charge >= 0.3 is 0 Å². The van der Waals surface area contributed by atoms with Crippen LogP contribution in [0.15, 0.2) is 46.0 Å². The molecule has 2 aliphatic heterocycles. The smallest absolute Gasteiger partial charge is 0.176 e. The predicted octanol–water partition coefficient (Wildman–Crippen LogP) is 2.46. The minimum atomic E-state index is -1.63. The van der Waals surface area contributed by atoms with Gasteiger partial charge in [0.25, 0.3) is 0 Å². The molecule has 9 heteroatoms. The van der Waals surface area contributed by atoms with Crippen LogP contribution in [0.5, 0.6) is 0 Å². The van der Waals surface area contributed by atoms with Crippen LogP contribution in [0, 0.1) is 0 Å². The monoisotopic (exact) mass is 306 g/mol. The van der Waals surface area contributed by atoms with Gasteiger partial charge in [-0.1, -0.05) is 0 Å². The van der Waals surface area contributed by atoms with Crippen molar-refractivity contribution < 1.29 is 34.3 Å². The molecule has 0 bridgehead atoms. The van der Waals surface area contributed by atoms with Gasteiger partial charge < -0.3 is 30.6 Å². The summed E-state index contributed by atoms with van der Waals surface area (Å²) in [5.41, 5.74) is 0. The van der Waals surface area contributed by atoms with Crippen molar-refractivity contribution in [2.75, 3.05) is 0 Å². The van der Waals surface area contributed by atoms with Gasteiger partial charge in [-0.05, 0) is 0 Å². The molecular formula is C10H10O7S2. The summed E-state index contributed by atoms with van der Waals surface area (Å²) in [6.07, 6.45) is 3.89. The zero-order chi connectivity index (χ0) is 14.2. The average Bonchev–Trinajstić information content (AvgIpc) is 2.25. The van der Waals surface area contributed by atoms with Gasteiger partial charge in [0.05, 0.1) is 21.5 Å². The Kier molecular flexibility index (Phi) is 3.83. The Bertz CT molecular complexity index is 562. The number of hydrogen-bond donors (Lipinski definition) is 6. The van der Waals surface area contributed by atoms with Crippen LogP contribution in [0.4, 0.5) is 0 Å². The lowest BCUT2D eigenvalue weighted by molar-refractivity contribution is 0.408. The third kappa shape index (κ3) is 2.91. The van der Waals surface area contributed by atoms with Crippen molar-refractivity contribution in [3.8, 4) is 0 Å². The molecule has 104 valence electrons. The number of allylic oxidation sites excluding steroid dienone is 2.